The van der Waals surface area contributed by atoms with Crippen molar-refractivity contribution in [3.05, 3.63) is 23.8 Å². The van der Waals surface area contributed by atoms with Gasteiger partial charge in [0.25, 0.3) is 0 Å². The van der Waals surface area contributed by atoms with Crippen LogP contribution in [0.1, 0.15) is 25.3 Å². The molecule has 2 rings (SSSR count). The van der Waals surface area contributed by atoms with E-state index in [0.717, 1.165) is 17.8 Å². The van der Waals surface area contributed by atoms with Crippen LogP contribution in [0.3, 0.4) is 0 Å². The first kappa shape index (κ1) is 11.2. The summed E-state index contributed by atoms with van der Waals surface area (Å²) in [6.45, 7) is 5.56. The Labute approximate surface area is 95.6 Å². The second kappa shape index (κ2) is 4.31. The fourth-order valence-electron chi connectivity index (χ4n) is 2.38. The molecule has 1 aliphatic rings. The van der Waals surface area contributed by atoms with Crippen molar-refractivity contribution in [1.82, 2.24) is 0 Å². The van der Waals surface area contributed by atoms with E-state index in [0.29, 0.717) is 18.4 Å². The molecular weight excluding hydrogens is 204 g/mol. The third-order valence-corrected chi connectivity index (χ3v) is 3.12. The Hall–Kier alpha value is -1.26. The van der Waals surface area contributed by atoms with Gasteiger partial charge in [-0.15, -0.1) is 0 Å². The Morgan fingerprint density at radius 1 is 1.56 bits per heavy atom. The first-order valence-electron chi connectivity index (χ1n) is 5.55. The van der Waals surface area contributed by atoms with Crippen molar-refractivity contribution < 1.29 is 9.94 Å². The van der Waals surface area contributed by atoms with Crippen molar-refractivity contribution >= 4 is 5.69 Å². The predicted octanol–water partition coefficient (Wildman–Crippen LogP) is 1.59. The van der Waals surface area contributed by atoms with E-state index in [9.17, 15) is 5.11 Å². The molecule has 0 aromatic heterocycles. The van der Waals surface area contributed by atoms with Gasteiger partial charge in [-0.2, -0.15) is 0 Å². The van der Waals surface area contributed by atoms with Crippen LogP contribution < -0.4 is 10.8 Å². The van der Waals surface area contributed by atoms with Gasteiger partial charge in [0, 0.05) is 29.8 Å². The molecule has 0 saturated heterocycles. The van der Waals surface area contributed by atoms with Crippen LogP contribution in [0.25, 0.3) is 0 Å². The van der Waals surface area contributed by atoms with E-state index < -0.39 is 0 Å². The van der Waals surface area contributed by atoms with Gasteiger partial charge in [-0.3, -0.25) is 0 Å². The molecule has 0 saturated carbocycles. The first-order valence-corrected chi connectivity index (χ1v) is 5.55. The van der Waals surface area contributed by atoms with Gasteiger partial charge in [0.15, 0.2) is 0 Å². The minimum absolute atomic E-state index is 0.156. The fourth-order valence-corrected chi connectivity index (χ4v) is 2.38. The zero-order chi connectivity index (χ0) is 11.7. The maximum absolute atomic E-state index is 9.90. The third-order valence-electron chi connectivity index (χ3n) is 3.12. The van der Waals surface area contributed by atoms with Gasteiger partial charge in [-0.25, -0.2) is 5.90 Å². The molecule has 0 fully saturated rings. The fraction of sp³-hybridized carbons (Fsp3) is 0.500. The molecule has 1 unspecified atom stereocenters. The van der Waals surface area contributed by atoms with Crippen molar-refractivity contribution in [3.63, 3.8) is 0 Å². The Morgan fingerprint density at radius 2 is 2.31 bits per heavy atom. The molecule has 0 radical (unpaired) electrons. The highest BCUT2D eigenvalue weighted by Gasteiger charge is 2.32. The third kappa shape index (κ3) is 1.74. The zero-order valence-corrected chi connectivity index (χ0v) is 9.68. The molecule has 1 atom stereocenters. The Bertz CT molecular complexity index is 379. The average Bonchev–Trinajstić information content (AvgIpc) is 2.59. The van der Waals surface area contributed by atoms with E-state index >= 15 is 0 Å². The minimum atomic E-state index is 0.156. The first-order chi connectivity index (χ1) is 7.65. The number of phenols is 1. The summed E-state index contributed by atoms with van der Waals surface area (Å²) in [7, 11) is 0. The number of aromatic hydroxyl groups is 1. The van der Waals surface area contributed by atoms with E-state index in [1.807, 2.05) is 12.1 Å². The summed E-state index contributed by atoms with van der Waals surface area (Å²) in [5.41, 5.74) is 2.05. The number of phenolic OH excluding ortho intramolecular Hbond substituents is 1. The topological polar surface area (TPSA) is 58.7 Å². The number of benzene rings is 1. The van der Waals surface area contributed by atoms with Crippen LogP contribution in [-0.4, -0.2) is 24.3 Å². The molecule has 3 N–H and O–H groups in total. The Kier molecular flexibility index (Phi) is 3.03. The van der Waals surface area contributed by atoms with Crippen LogP contribution in [0.15, 0.2) is 18.2 Å². The van der Waals surface area contributed by atoms with E-state index in [1.165, 1.54) is 0 Å². The Morgan fingerprint density at radius 3 is 2.94 bits per heavy atom. The molecule has 4 nitrogen and oxygen atoms in total. The van der Waals surface area contributed by atoms with Gasteiger partial charge in [-0.1, -0.05) is 6.07 Å². The maximum atomic E-state index is 9.90. The lowest BCUT2D eigenvalue weighted by Gasteiger charge is -2.24. The molecule has 1 aromatic rings. The number of hydrogen-bond donors (Lipinski definition) is 2. The lowest BCUT2D eigenvalue weighted by molar-refractivity contribution is 0.125. The number of nitrogens with two attached hydrogens (primary N) is 1. The monoisotopic (exact) mass is 222 g/mol. The van der Waals surface area contributed by atoms with Crippen LogP contribution in [0.2, 0.25) is 0 Å². The van der Waals surface area contributed by atoms with Crippen molar-refractivity contribution in [2.24, 2.45) is 5.90 Å². The minimum Gasteiger partial charge on any atom is -0.508 e. The zero-order valence-electron chi connectivity index (χ0n) is 9.68. The number of nitrogens with zero attached hydrogens (tertiary/aromatic N) is 1. The van der Waals surface area contributed by atoms with E-state index in [-0.39, 0.29) is 5.92 Å². The summed E-state index contributed by atoms with van der Waals surface area (Å²) in [6, 6.07) is 6.02. The van der Waals surface area contributed by atoms with E-state index in [2.05, 4.69) is 18.7 Å². The van der Waals surface area contributed by atoms with Gasteiger partial charge in [0.1, 0.15) is 5.75 Å². The summed E-state index contributed by atoms with van der Waals surface area (Å²) in [5.74, 6) is 5.63. The van der Waals surface area contributed by atoms with Crippen molar-refractivity contribution in [2.75, 3.05) is 18.1 Å². The van der Waals surface area contributed by atoms with Gasteiger partial charge in [-0.05, 0) is 26.0 Å². The molecule has 0 spiro atoms. The Balaban J connectivity index is 2.40. The number of hydrogen-bond acceptors (Lipinski definition) is 4. The summed E-state index contributed by atoms with van der Waals surface area (Å²) in [4.78, 5) is 6.99. The number of rotatable bonds is 3. The second-order valence-electron chi connectivity index (χ2n) is 4.49. The molecule has 0 amide bonds. The highest BCUT2D eigenvalue weighted by atomic mass is 16.6. The largest absolute Gasteiger partial charge is 0.508 e. The highest BCUT2D eigenvalue weighted by Crippen LogP contribution is 2.42. The number of fused-ring (bicyclic) bond motifs is 1. The van der Waals surface area contributed by atoms with Crippen LogP contribution in [0.5, 0.6) is 5.75 Å². The highest BCUT2D eigenvalue weighted by molar-refractivity contribution is 5.65. The summed E-state index contributed by atoms with van der Waals surface area (Å²) in [5, 5.41) is 9.90. The van der Waals surface area contributed by atoms with Crippen LogP contribution >= 0.6 is 0 Å². The molecule has 88 valence electrons. The summed E-state index contributed by atoms with van der Waals surface area (Å²) >= 11 is 0. The summed E-state index contributed by atoms with van der Waals surface area (Å²) in [6.07, 6.45) is 0. The SMILES string of the molecule is CC(C)N1CC(CON)c2c(O)cccc21. The lowest BCUT2D eigenvalue weighted by atomic mass is 10.0. The molecule has 4 heteroatoms. The normalized spacial score (nSPS) is 19.2. The van der Waals surface area contributed by atoms with Crippen molar-refractivity contribution in [2.45, 2.75) is 25.8 Å². The molecular formula is C12H18N2O2. The number of anilines is 1. The van der Waals surface area contributed by atoms with Gasteiger partial charge in [0.2, 0.25) is 0 Å². The standard InChI is InChI=1S/C12H18N2O2/c1-8(2)14-6-9(7-16-13)12-10(14)4-3-5-11(12)15/h3-5,8-9,15H,6-7,13H2,1-2H3. The maximum Gasteiger partial charge on any atom is 0.121 e. The van der Waals surface area contributed by atoms with Crippen LogP contribution in [0.4, 0.5) is 5.69 Å². The van der Waals surface area contributed by atoms with Gasteiger partial charge < -0.3 is 14.8 Å². The van der Waals surface area contributed by atoms with E-state index in [1.54, 1.807) is 6.07 Å². The second-order valence-corrected chi connectivity index (χ2v) is 4.49. The molecule has 16 heavy (non-hydrogen) atoms. The molecule has 1 heterocycles. The van der Waals surface area contributed by atoms with Gasteiger partial charge in [0.05, 0.1) is 6.61 Å². The average molecular weight is 222 g/mol. The van der Waals surface area contributed by atoms with Crippen LogP contribution in [-0.2, 0) is 4.84 Å². The predicted molar refractivity (Wildman–Crippen MR) is 63.5 cm³/mol. The molecule has 1 aliphatic heterocycles. The van der Waals surface area contributed by atoms with Gasteiger partial charge >= 0.3 is 0 Å². The van der Waals surface area contributed by atoms with Crippen molar-refractivity contribution in [3.8, 4) is 5.75 Å². The smallest absolute Gasteiger partial charge is 0.121 e. The van der Waals surface area contributed by atoms with E-state index in [4.69, 9.17) is 10.7 Å². The molecule has 0 aliphatic carbocycles. The molecule has 1 aromatic carbocycles. The molecule has 0 bridgehead atoms. The van der Waals surface area contributed by atoms with Crippen molar-refractivity contribution in [1.29, 1.82) is 0 Å². The summed E-state index contributed by atoms with van der Waals surface area (Å²) < 4.78 is 0. The van der Waals surface area contributed by atoms with Crippen LogP contribution in [0, 0.1) is 0 Å². The quantitative estimate of drug-likeness (QED) is 0.763. The lowest BCUT2D eigenvalue weighted by Crippen LogP contribution is -2.30.